The lowest BCUT2D eigenvalue weighted by atomic mass is 10.0. The predicted molar refractivity (Wildman–Crippen MR) is 85.7 cm³/mol. The number of likely N-dealkylation sites (tertiary alicyclic amines) is 1. The first kappa shape index (κ1) is 14.2. The summed E-state index contributed by atoms with van der Waals surface area (Å²) in [5, 5.41) is 0. The van der Waals surface area contributed by atoms with Crippen LogP contribution in [0.1, 0.15) is 32.2 Å². The van der Waals surface area contributed by atoms with E-state index < -0.39 is 0 Å². The zero-order chi connectivity index (χ0) is 14.8. The normalized spacial score (nSPS) is 17.4. The van der Waals surface area contributed by atoms with Gasteiger partial charge < -0.3 is 19.9 Å². The van der Waals surface area contributed by atoms with Gasteiger partial charge in [-0.3, -0.25) is 0 Å². The van der Waals surface area contributed by atoms with Crippen molar-refractivity contribution in [1.82, 2.24) is 14.5 Å². The van der Waals surface area contributed by atoms with Crippen molar-refractivity contribution in [3.8, 4) is 5.75 Å². The number of nitrogens with zero attached hydrogens (tertiary/aromatic N) is 3. The average Bonchev–Trinajstić information content (AvgIpc) is 2.83. The summed E-state index contributed by atoms with van der Waals surface area (Å²) in [7, 11) is 1.69. The van der Waals surface area contributed by atoms with Crippen molar-refractivity contribution in [2.75, 3.05) is 32.5 Å². The Morgan fingerprint density at radius 1 is 1.33 bits per heavy atom. The van der Waals surface area contributed by atoms with E-state index in [0.29, 0.717) is 12.0 Å². The second kappa shape index (κ2) is 5.93. The molecule has 1 aromatic heterocycles. The minimum atomic E-state index is 0.440. The quantitative estimate of drug-likeness (QED) is 0.939. The maximum Gasteiger partial charge on any atom is 0.201 e. The van der Waals surface area contributed by atoms with Crippen LogP contribution in [0.25, 0.3) is 11.0 Å². The van der Waals surface area contributed by atoms with Gasteiger partial charge in [0.15, 0.2) is 0 Å². The highest BCUT2D eigenvalue weighted by Crippen LogP contribution is 2.31. The molecule has 1 saturated heterocycles. The fourth-order valence-electron chi connectivity index (χ4n) is 3.32. The summed E-state index contributed by atoms with van der Waals surface area (Å²) in [6, 6.07) is 6.39. The molecular formula is C16H24N4O. The van der Waals surface area contributed by atoms with E-state index in [-0.39, 0.29) is 0 Å². The van der Waals surface area contributed by atoms with Gasteiger partial charge in [-0.05, 0) is 37.9 Å². The van der Waals surface area contributed by atoms with Crippen LogP contribution in [0, 0.1) is 0 Å². The van der Waals surface area contributed by atoms with Gasteiger partial charge in [-0.25, -0.2) is 4.98 Å². The first-order chi connectivity index (χ1) is 10.2. The molecule has 0 aliphatic carbocycles. The lowest BCUT2D eigenvalue weighted by molar-refractivity contribution is 0.189. The van der Waals surface area contributed by atoms with Crippen molar-refractivity contribution in [1.29, 1.82) is 0 Å². The summed E-state index contributed by atoms with van der Waals surface area (Å²) >= 11 is 0. The molecule has 2 N–H and O–H groups in total. The van der Waals surface area contributed by atoms with Crippen LogP contribution in [0.4, 0.5) is 5.95 Å². The van der Waals surface area contributed by atoms with Gasteiger partial charge in [0, 0.05) is 25.2 Å². The third-order valence-electron chi connectivity index (χ3n) is 4.39. The van der Waals surface area contributed by atoms with Gasteiger partial charge in [0.2, 0.25) is 5.95 Å². The van der Waals surface area contributed by atoms with Crippen LogP contribution in [0.5, 0.6) is 5.75 Å². The van der Waals surface area contributed by atoms with E-state index in [2.05, 4.69) is 21.4 Å². The van der Waals surface area contributed by atoms with Crippen LogP contribution in [0.15, 0.2) is 18.2 Å². The molecule has 2 aromatic rings. The second-order valence-electron chi connectivity index (χ2n) is 5.77. The van der Waals surface area contributed by atoms with Gasteiger partial charge in [0.05, 0.1) is 18.1 Å². The van der Waals surface area contributed by atoms with Crippen molar-refractivity contribution in [2.45, 2.75) is 32.2 Å². The Labute approximate surface area is 125 Å². The number of piperidine rings is 1. The molecule has 21 heavy (non-hydrogen) atoms. The first-order valence-electron chi connectivity index (χ1n) is 7.76. The lowest BCUT2D eigenvalue weighted by Crippen LogP contribution is -2.35. The molecular weight excluding hydrogens is 264 g/mol. The third kappa shape index (κ3) is 2.70. The van der Waals surface area contributed by atoms with Gasteiger partial charge in [0.25, 0.3) is 0 Å². The van der Waals surface area contributed by atoms with Crippen LogP contribution < -0.4 is 10.5 Å². The van der Waals surface area contributed by atoms with Crippen LogP contribution >= 0.6 is 0 Å². The Balaban J connectivity index is 1.88. The van der Waals surface area contributed by atoms with Crippen LogP contribution in [0.3, 0.4) is 0 Å². The van der Waals surface area contributed by atoms with E-state index in [4.69, 9.17) is 10.5 Å². The fourth-order valence-corrected chi connectivity index (χ4v) is 3.32. The number of benzene rings is 1. The average molecular weight is 288 g/mol. The summed E-state index contributed by atoms with van der Waals surface area (Å²) in [5.74, 6) is 1.47. The molecule has 0 radical (unpaired) electrons. The van der Waals surface area contributed by atoms with E-state index in [1.165, 1.54) is 13.0 Å². The largest absolute Gasteiger partial charge is 0.497 e. The topological polar surface area (TPSA) is 56.3 Å². The first-order valence-corrected chi connectivity index (χ1v) is 7.76. The van der Waals surface area contributed by atoms with Crippen LogP contribution in [-0.4, -0.2) is 41.2 Å². The standard InChI is InChI=1S/C16H24N4O/c1-3-8-19-9-6-12(7-10-19)20-15-11-13(21-2)4-5-14(15)18-16(20)17/h4-5,11-12H,3,6-10H2,1-2H3,(H2,17,18). The van der Waals surface area contributed by atoms with Gasteiger partial charge in [-0.2, -0.15) is 0 Å². The van der Waals surface area contributed by atoms with E-state index in [1.54, 1.807) is 7.11 Å². The van der Waals surface area contributed by atoms with E-state index in [0.717, 1.165) is 42.7 Å². The molecule has 0 saturated carbocycles. The van der Waals surface area contributed by atoms with E-state index in [9.17, 15) is 0 Å². The molecule has 5 heteroatoms. The Hall–Kier alpha value is -1.75. The lowest BCUT2D eigenvalue weighted by Gasteiger charge is -2.33. The number of anilines is 1. The molecule has 1 aliphatic rings. The molecule has 1 aromatic carbocycles. The maximum absolute atomic E-state index is 6.17. The minimum absolute atomic E-state index is 0.440. The Bertz CT molecular complexity index is 614. The van der Waals surface area contributed by atoms with Crippen LogP contribution in [-0.2, 0) is 0 Å². The molecule has 2 heterocycles. The number of hydrogen-bond acceptors (Lipinski definition) is 4. The Morgan fingerprint density at radius 2 is 2.10 bits per heavy atom. The number of nitrogen functional groups attached to an aromatic ring is 1. The van der Waals surface area contributed by atoms with Gasteiger partial charge in [0.1, 0.15) is 5.75 Å². The predicted octanol–water partition coefficient (Wildman–Crippen LogP) is 2.67. The highest BCUT2D eigenvalue weighted by Gasteiger charge is 2.23. The van der Waals surface area contributed by atoms with Gasteiger partial charge >= 0.3 is 0 Å². The van der Waals surface area contributed by atoms with Gasteiger partial charge in [-0.15, -0.1) is 0 Å². The van der Waals surface area contributed by atoms with Crippen LogP contribution in [0.2, 0.25) is 0 Å². The Kier molecular flexibility index (Phi) is 4.01. The minimum Gasteiger partial charge on any atom is -0.497 e. The summed E-state index contributed by atoms with van der Waals surface area (Å²) in [5.41, 5.74) is 8.20. The monoisotopic (exact) mass is 288 g/mol. The van der Waals surface area contributed by atoms with E-state index >= 15 is 0 Å². The SMILES string of the molecule is CCCN1CCC(n2c(N)nc3ccc(OC)cc32)CC1. The molecule has 114 valence electrons. The van der Waals surface area contributed by atoms with Crippen molar-refractivity contribution in [2.24, 2.45) is 0 Å². The number of methoxy groups -OCH3 is 1. The van der Waals surface area contributed by atoms with Crippen molar-refractivity contribution in [3.63, 3.8) is 0 Å². The number of fused-ring (bicyclic) bond motifs is 1. The highest BCUT2D eigenvalue weighted by molar-refractivity contribution is 5.80. The summed E-state index contributed by atoms with van der Waals surface area (Å²) in [6.07, 6.45) is 3.48. The number of rotatable bonds is 4. The number of imidazole rings is 1. The second-order valence-corrected chi connectivity index (χ2v) is 5.77. The van der Waals surface area contributed by atoms with E-state index in [1.807, 2.05) is 18.2 Å². The summed E-state index contributed by atoms with van der Waals surface area (Å²) in [4.78, 5) is 7.02. The smallest absolute Gasteiger partial charge is 0.201 e. The molecule has 5 nitrogen and oxygen atoms in total. The van der Waals surface area contributed by atoms with Crippen molar-refractivity contribution in [3.05, 3.63) is 18.2 Å². The number of aromatic nitrogens is 2. The van der Waals surface area contributed by atoms with Crippen molar-refractivity contribution < 1.29 is 4.74 Å². The Morgan fingerprint density at radius 3 is 2.76 bits per heavy atom. The molecule has 3 rings (SSSR count). The molecule has 0 atom stereocenters. The molecule has 0 amide bonds. The number of ether oxygens (including phenoxy) is 1. The zero-order valence-corrected chi connectivity index (χ0v) is 12.9. The van der Waals surface area contributed by atoms with Gasteiger partial charge in [-0.1, -0.05) is 6.92 Å². The maximum atomic E-state index is 6.17. The molecule has 0 unspecified atom stereocenters. The summed E-state index contributed by atoms with van der Waals surface area (Å²) in [6.45, 7) is 5.71. The molecule has 1 aliphatic heterocycles. The zero-order valence-electron chi connectivity index (χ0n) is 12.9. The molecule has 0 bridgehead atoms. The van der Waals surface area contributed by atoms with Crippen molar-refractivity contribution >= 4 is 17.0 Å². The number of hydrogen-bond donors (Lipinski definition) is 1. The number of nitrogens with two attached hydrogens (primary N) is 1. The third-order valence-corrected chi connectivity index (χ3v) is 4.39. The highest BCUT2D eigenvalue weighted by atomic mass is 16.5. The molecule has 1 fully saturated rings. The summed E-state index contributed by atoms with van der Waals surface area (Å²) < 4.78 is 7.53. The fraction of sp³-hybridized carbons (Fsp3) is 0.562. The molecule has 0 spiro atoms.